The van der Waals surface area contributed by atoms with Gasteiger partial charge in [0.15, 0.2) is 0 Å². The molecule has 0 spiro atoms. The molecule has 0 amide bonds. The monoisotopic (exact) mass is 261 g/mol. The highest BCUT2D eigenvalue weighted by molar-refractivity contribution is 5.39. The Morgan fingerprint density at radius 3 is 2.42 bits per heavy atom. The Labute approximate surface area is 117 Å². The van der Waals surface area contributed by atoms with Gasteiger partial charge in [-0.15, -0.1) is 0 Å². The van der Waals surface area contributed by atoms with Crippen molar-refractivity contribution in [2.24, 2.45) is 17.1 Å². The minimum atomic E-state index is 0.435. The standard InChI is InChI=1S/C16H27N3/c1-16(2,3)14-7-10-19(11-8-14)15-5-4-13(6-9-17)12-18-15/h4-5,12,14H,6-11,17H2,1-3H3. The van der Waals surface area contributed by atoms with Gasteiger partial charge in [0.2, 0.25) is 0 Å². The normalized spacial score (nSPS) is 17.8. The van der Waals surface area contributed by atoms with E-state index in [-0.39, 0.29) is 0 Å². The molecule has 3 nitrogen and oxygen atoms in total. The summed E-state index contributed by atoms with van der Waals surface area (Å²) in [6, 6.07) is 4.30. The lowest BCUT2D eigenvalue weighted by atomic mass is 9.75. The third-order valence-electron chi connectivity index (χ3n) is 4.29. The van der Waals surface area contributed by atoms with Crippen LogP contribution < -0.4 is 10.6 Å². The van der Waals surface area contributed by atoms with Gasteiger partial charge in [0.25, 0.3) is 0 Å². The highest BCUT2D eigenvalue weighted by Crippen LogP contribution is 2.35. The quantitative estimate of drug-likeness (QED) is 0.909. The summed E-state index contributed by atoms with van der Waals surface area (Å²) < 4.78 is 0. The summed E-state index contributed by atoms with van der Waals surface area (Å²) in [5.41, 5.74) is 7.23. The fourth-order valence-corrected chi connectivity index (χ4v) is 2.89. The molecular formula is C16H27N3. The maximum absolute atomic E-state index is 5.56. The topological polar surface area (TPSA) is 42.1 Å². The predicted molar refractivity (Wildman–Crippen MR) is 81.4 cm³/mol. The summed E-state index contributed by atoms with van der Waals surface area (Å²) in [5, 5.41) is 0. The number of rotatable bonds is 3. The molecule has 1 fully saturated rings. The van der Waals surface area contributed by atoms with E-state index in [1.807, 2.05) is 6.20 Å². The van der Waals surface area contributed by atoms with Crippen LogP contribution in [-0.4, -0.2) is 24.6 Å². The Hall–Kier alpha value is -1.09. The molecule has 3 heteroatoms. The van der Waals surface area contributed by atoms with Gasteiger partial charge in [0.05, 0.1) is 0 Å². The molecular weight excluding hydrogens is 234 g/mol. The van der Waals surface area contributed by atoms with E-state index in [9.17, 15) is 0 Å². The van der Waals surface area contributed by atoms with E-state index in [0.717, 1.165) is 31.2 Å². The van der Waals surface area contributed by atoms with E-state index >= 15 is 0 Å². The first kappa shape index (κ1) is 14.3. The average molecular weight is 261 g/mol. The summed E-state index contributed by atoms with van der Waals surface area (Å²) in [5.74, 6) is 1.95. The number of hydrogen-bond acceptors (Lipinski definition) is 3. The Bertz CT molecular complexity index is 383. The minimum Gasteiger partial charge on any atom is -0.357 e. The fourth-order valence-electron chi connectivity index (χ4n) is 2.89. The van der Waals surface area contributed by atoms with Crippen molar-refractivity contribution < 1.29 is 0 Å². The molecule has 0 radical (unpaired) electrons. The lowest BCUT2D eigenvalue weighted by molar-refractivity contribution is 0.198. The molecule has 2 rings (SSSR count). The highest BCUT2D eigenvalue weighted by Gasteiger charge is 2.28. The summed E-state index contributed by atoms with van der Waals surface area (Å²) in [6.45, 7) is 10.0. The number of piperidine rings is 1. The van der Waals surface area contributed by atoms with Crippen LogP contribution in [-0.2, 0) is 6.42 Å². The molecule has 2 heterocycles. The highest BCUT2D eigenvalue weighted by atomic mass is 15.2. The van der Waals surface area contributed by atoms with E-state index in [4.69, 9.17) is 5.73 Å². The summed E-state index contributed by atoms with van der Waals surface area (Å²) in [6.07, 6.45) is 5.43. The zero-order valence-electron chi connectivity index (χ0n) is 12.5. The van der Waals surface area contributed by atoms with Crippen molar-refractivity contribution in [2.45, 2.75) is 40.0 Å². The molecule has 0 aliphatic carbocycles. The first-order valence-electron chi connectivity index (χ1n) is 7.40. The zero-order chi connectivity index (χ0) is 13.9. The Balaban J connectivity index is 1.94. The fraction of sp³-hybridized carbons (Fsp3) is 0.688. The van der Waals surface area contributed by atoms with Crippen LogP contribution in [0, 0.1) is 11.3 Å². The number of aromatic nitrogens is 1. The minimum absolute atomic E-state index is 0.435. The smallest absolute Gasteiger partial charge is 0.128 e. The van der Waals surface area contributed by atoms with Crippen molar-refractivity contribution in [1.82, 2.24) is 4.98 Å². The molecule has 1 aromatic rings. The van der Waals surface area contributed by atoms with Gasteiger partial charge in [-0.05, 0) is 48.8 Å². The summed E-state index contributed by atoms with van der Waals surface area (Å²) >= 11 is 0. The van der Waals surface area contributed by atoms with E-state index in [2.05, 4.69) is 42.8 Å². The summed E-state index contributed by atoms with van der Waals surface area (Å²) in [7, 11) is 0. The Kier molecular flexibility index (Phi) is 4.46. The SMILES string of the molecule is CC(C)(C)C1CCN(c2ccc(CCN)cn2)CC1. The van der Waals surface area contributed by atoms with Crippen LogP contribution in [0.25, 0.3) is 0 Å². The number of nitrogens with two attached hydrogens (primary N) is 1. The molecule has 1 saturated heterocycles. The molecule has 2 N–H and O–H groups in total. The van der Waals surface area contributed by atoms with Crippen LogP contribution in [0.3, 0.4) is 0 Å². The largest absolute Gasteiger partial charge is 0.357 e. The summed E-state index contributed by atoms with van der Waals surface area (Å²) in [4.78, 5) is 6.99. The van der Waals surface area contributed by atoms with Gasteiger partial charge >= 0.3 is 0 Å². The van der Waals surface area contributed by atoms with Crippen molar-refractivity contribution in [2.75, 3.05) is 24.5 Å². The Morgan fingerprint density at radius 1 is 1.26 bits per heavy atom. The molecule has 1 aliphatic heterocycles. The average Bonchev–Trinajstić information content (AvgIpc) is 2.39. The Morgan fingerprint density at radius 2 is 1.95 bits per heavy atom. The number of pyridine rings is 1. The maximum Gasteiger partial charge on any atom is 0.128 e. The van der Waals surface area contributed by atoms with Gasteiger partial charge in [-0.25, -0.2) is 4.98 Å². The van der Waals surface area contributed by atoms with Gasteiger partial charge in [-0.2, -0.15) is 0 Å². The molecule has 0 atom stereocenters. The van der Waals surface area contributed by atoms with Gasteiger partial charge in [0, 0.05) is 19.3 Å². The second kappa shape index (κ2) is 5.91. The lowest BCUT2D eigenvalue weighted by Crippen LogP contribution is -2.38. The molecule has 0 unspecified atom stereocenters. The maximum atomic E-state index is 5.56. The molecule has 19 heavy (non-hydrogen) atoms. The number of hydrogen-bond donors (Lipinski definition) is 1. The van der Waals surface area contributed by atoms with Gasteiger partial charge in [-0.1, -0.05) is 26.8 Å². The predicted octanol–water partition coefficient (Wildman–Crippen LogP) is 2.85. The molecule has 0 aromatic carbocycles. The second-order valence-electron chi connectivity index (χ2n) is 6.69. The first-order valence-corrected chi connectivity index (χ1v) is 7.40. The number of anilines is 1. The molecule has 106 valence electrons. The van der Waals surface area contributed by atoms with Crippen molar-refractivity contribution in [1.29, 1.82) is 0 Å². The van der Waals surface area contributed by atoms with Crippen molar-refractivity contribution in [3.8, 4) is 0 Å². The molecule has 0 saturated carbocycles. The van der Waals surface area contributed by atoms with Crippen LogP contribution in [0.5, 0.6) is 0 Å². The van der Waals surface area contributed by atoms with E-state index in [1.165, 1.54) is 18.4 Å². The van der Waals surface area contributed by atoms with Crippen molar-refractivity contribution >= 4 is 5.82 Å². The third-order valence-corrected chi connectivity index (χ3v) is 4.29. The van der Waals surface area contributed by atoms with Crippen LogP contribution in [0.1, 0.15) is 39.2 Å². The second-order valence-corrected chi connectivity index (χ2v) is 6.69. The lowest BCUT2D eigenvalue weighted by Gasteiger charge is -2.39. The van der Waals surface area contributed by atoms with Crippen LogP contribution in [0.4, 0.5) is 5.82 Å². The van der Waals surface area contributed by atoms with E-state index < -0.39 is 0 Å². The number of nitrogens with zero attached hydrogens (tertiary/aromatic N) is 2. The van der Waals surface area contributed by atoms with Crippen LogP contribution in [0.2, 0.25) is 0 Å². The van der Waals surface area contributed by atoms with E-state index in [0.29, 0.717) is 12.0 Å². The van der Waals surface area contributed by atoms with Crippen molar-refractivity contribution in [3.63, 3.8) is 0 Å². The molecule has 0 bridgehead atoms. The van der Waals surface area contributed by atoms with Gasteiger partial charge < -0.3 is 10.6 Å². The van der Waals surface area contributed by atoms with Gasteiger partial charge in [-0.3, -0.25) is 0 Å². The molecule has 1 aliphatic rings. The van der Waals surface area contributed by atoms with Gasteiger partial charge in [0.1, 0.15) is 5.82 Å². The van der Waals surface area contributed by atoms with Crippen LogP contribution >= 0.6 is 0 Å². The van der Waals surface area contributed by atoms with Crippen molar-refractivity contribution in [3.05, 3.63) is 23.9 Å². The third kappa shape index (κ3) is 3.69. The van der Waals surface area contributed by atoms with E-state index in [1.54, 1.807) is 0 Å². The zero-order valence-corrected chi connectivity index (χ0v) is 12.5. The first-order chi connectivity index (χ1) is 9.00. The molecule has 1 aromatic heterocycles. The van der Waals surface area contributed by atoms with Crippen LogP contribution in [0.15, 0.2) is 18.3 Å².